The zero-order valence-corrected chi connectivity index (χ0v) is 12.7. The lowest BCUT2D eigenvalue weighted by Gasteiger charge is -2.24. The maximum Gasteiger partial charge on any atom is 0.101 e. The molecule has 1 aliphatic rings. The number of nitrogens with zero attached hydrogens (tertiary/aromatic N) is 4. The van der Waals surface area contributed by atoms with Crippen LogP contribution in [0, 0.1) is 11.3 Å². The Bertz CT molecular complexity index is 648. The van der Waals surface area contributed by atoms with E-state index in [1.54, 1.807) is 0 Å². The van der Waals surface area contributed by atoms with Gasteiger partial charge in [-0.1, -0.05) is 18.2 Å². The molecule has 0 saturated carbocycles. The molecule has 2 heterocycles. The number of hydrogen-bond donors (Lipinski definition) is 0. The quantitative estimate of drug-likeness (QED) is 0.872. The van der Waals surface area contributed by atoms with E-state index < -0.39 is 0 Å². The Morgan fingerprint density at radius 1 is 1.00 bits per heavy atom. The van der Waals surface area contributed by atoms with Crippen LogP contribution in [0.3, 0.4) is 0 Å². The fraction of sp³-hybridized carbons (Fsp3) is 0.333. The van der Waals surface area contributed by atoms with Crippen LogP contribution in [-0.2, 0) is 6.54 Å². The second-order valence-electron chi connectivity index (χ2n) is 5.57. The Balaban J connectivity index is 1.66. The van der Waals surface area contributed by atoms with Crippen LogP contribution in [0.4, 0.5) is 5.69 Å². The molecule has 112 valence electrons. The number of nitriles is 1. The largest absolute Gasteiger partial charge is 0.369 e. The van der Waals surface area contributed by atoms with Crippen LogP contribution in [0.15, 0.2) is 48.7 Å². The van der Waals surface area contributed by atoms with Crippen LogP contribution in [0.5, 0.6) is 0 Å². The SMILES string of the molecule is N#Cc1ccccc1N1CCCN(Cc2ccccn2)CC1. The minimum absolute atomic E-state index is 0.765. The van der Waals surface area contributed by atoms with Crippen molar-refractivity contribution in [3.8, 4) is 6.07 Å². The zero-order valence-electron chi connectivity index (χ0n) is 12.7. The van der Waals surface area contributed by atoms with E-state index in [1.165, 1.54) is 0 Å². The van der Waals surface area contributed by atoms with Crippen molar-refractivity contribution in [2.24, 2.45) is 0 Å². The molecule has 0 unspecified atom stereocenters. The van der Waals surface area contributed by atoms with Gasteiger partial charge in [0.15, 0.2) is 0 Å². The van der Waals surface area contributed by atoms with Gasteiger partial charge in [0.1, 0.15) is 6.07 Å². The lowest BCUT2D eigenvalue weighted by molar-refractivity contribution is 0.282. The average molecular weight is 292 g/mol. The molecule has 2 aromatic rings. The number of para-hydroxylation sites is 1. The second-order valence-corrected chi connectivity index (χ2v) is 5.57. The molecule has 1 fully saturated rings. The van der Waals surface area contributed by atoms with Gasteiger partial charge in [-0.05, 0) is 30.7 Å². The Morgan fingerprint density at radius 3 is 2.68 bits per heavy atom. The highest BCUT2D eigenvalue weighted by atomic mass is 15.2. The molecule has 0 amide bonds. The molecule has 1 saturated heterocycles. The molecule has 4 nitrogen and oxygen atoms in total. The molecule has 0 atom stereocenters. The van der Waals surface area contributed by atoms with Crippen LogP contribution < -0.4 is 4.90 Å². The maximum absolute atomic E-state index is 9.27. The Labute approximate surface area is 131 Å². The van der Waals surface area contributed by atoms with Crippen LogP contribution >= 0.6 is 0 Å². The van der Waals surface area contributed by atoms with Crippen LogP contribution in [-0.4, -0.2) is 36.1 Å². The van der Waals surface area contributed by atoms with Crippen LogP contribution in [0.2, 0.25) is 0 Å². The van der Waals surface area contributed by atoms with E-state index >= 15 is 0 Å². The average Bonchev–Trinajstić information content (AvgIpc) is 2.81. The number of pyridine rings is 1. The molecule has 0 spiro atoms. The fourth-order valence-corrected chi connectivity index (χ4v) is 2.93. The van der Waals surface area contributed by atoms with E-state index in [0.29, 0.717) is 0 Å². The Hall–Kier alpha value is -2.38. The molecule has 0 aliphatic carbocycles. The number of aromatic nitrogens is 1. The van der Waals surface area contributed by atoms with E-state index in [1.807, 2.05) is 42.6 Å². The van der Waals surface area contributed by atoms with Crippen molar-refractivity contribution in [1.29, 1.82) is 5.26 Å². The fourth-order valence-electron chi connectivity index (χ4n) is 2.93. The second kappa shape index (κ2) is 7.06. The normalized spacial score (nSPS) is 16.0. The first-order valence-corrected chi connectivity index (χ1v) is 7.73. The molecule has 4 heteroatoms. The van der Waals surface area contributed by atoms with Crippen molar-refractivity contribution in [3.05, 3.63) is 59.9 Å². The zero-order chi connectivity index (χ0) is 15.2. The Morgan fingerprint density at radius 2 is 1.86 bits per heavy atom. The summed E-state index contributed by atoms with van der Waals surface area (Å²) in [5, 5.41) is 9.27. The van der Waals surface area contributed by atoms with Crippen molar-refractivity contribution in [2.75, 3.05) is 31.1 Å². The molecule has 0 N–H and O–H groups in total. The first-order chi connectivity index (χ1) is 10.9. The van der Waals surface area contributed by atoms with Gasteiger partial charge in [-0.15, -0.1) is 0 Å². The van der Waals surface area contributed by atoms with Crippen molar-refractivity contribution in [1.82, 2.24) is 9.88 Å². The van der Waals surface area contributed by atoms with Crippen LogP contribution in [0.1, 0.15) is 17.7 Å². The van der Waals surface area contributed by atoms with Gasteiger partial charge in [-0.3, -0.25) is 9.88 Å². The topological polar surface area (TPSA) is 43.2 Å². The first kappa shape index (κ1) is 14.6. The minimum Gasteiger partial charge on any atom is -0.369 e. The predicted molar refractivity (Wildman–Crippen MR) is 87.5 cm³/mol. The maximum atomic E-state index is 9.27. The van der Waals surface area contributed by atoms with Gasteiger partial charge >= 0.3 is 0 Å². The summed E-state index contributed by atoms with van der Waals surface area (Å²) < 4.78 is 0. The molecule has 3 rings (SSSR count). The summed E-state index contributed by atoms with van der Waals surface area (Å²) in [4.78, 5) is 9.18. The highest BCUT2D eigenvalue weighted by Gasteiger charge is 2.17. The van der Waals surface area contributed by atoms with E-state index in [2.05, 4.69) is 26.9 Å². The van der Waals surface area contributed by atoms with Gasteiger partial charge < -0.3 is 4.90 Å². The molecule has 1 aromatic heterocycles. The number of hydrogen-bond acceptors (Lipinski definition) is 4. The summed E-state index contributed by atoms with van der Waals surface area (Å²) in [6.45, 7) is 4.91. The van der Waals surface area contributed by atoms with Crippen molar-refractivity contribution in [3.63, 3.8) is 0 Å². The highest BCUT2D eigenvalue weighted by molar-refractivity contribution is 5.59. The third-order valence-corrected chi connectivity index (χ3v) is 4.07. The third-order valence-electron chi connectivity index (χ3n) is 4.07. The molecule has 1 aromatic carbocycles. The van der Waals surface area contributed by atoms with Crippen LogP contribution in [0.25, 0.3) is 0 Å². The first-order valence-electron chi connectivity index (χ1n) is 7.73. The summed E-state index contributed by atoms with van der Waals surface area (Å²) in [5.74, 6) is 0. The van der Waals surface area contributed by atoms with Crippen molar-refractivity contribution < 1.29 is 0 Å². The minimum atomic E-state index is 0.765. The number of rotatable bonds is 3. The summed E-state index contributed by atoms with van der Waals surface area (Å²) >= 11 is 0. The van der Waals surface area contributed by atoms with Gasteiger partial charge in [-0.25, -0.2) is 0 Å². The lowest BCUT2D eigenvalue weighted by Crippen LogP contribution is -2.31. The number of anilines is 1. The highest BCUT2D eigenvalue weighted by Crippen LogP contribution is 2.21. The molecule has 1 aliphatic heterocycles. The van der Waals surface area contributed by atoms with Gasteiger partial charge in [0, 0.05) is 38.9 Å². The van der Waals surface area contributed by atoms with E-state index in [0.717, 1.165) is 56.1 Å². The van der Waals surface area contributed by atoms with Crippen molar-refractivity contribution >= 4 is 5.69 Å². The molecule has 22 heavy (non-hydrogen) atoms. The summed E-state index contributed by atoms with van der Waals surface area (Å²) in [7, 11) is 0. The molecular formula is C18H20N4. The predicted octanol–water partition coefficient (Wildman–Crippen LogP) is 2.67. The standard InChI is InChI=1S/C18H20N4/c19-14-16-6-1-2-8-18(16)22-11-5-10-21(12-13-22)15-17-7-3-4-9-20-17/h1-4,6-9H,5,10-13,15H2. The summed E-state index contributed by atoms with van der Waals surface area (Å²) in [6, 6.07) is 16.2. The lowest BCUT2D eigenvalue weighted by atomic mass is 10.1. The van der Waals surface area contributed by atoms with Gasteiger partial charge in [-0.2, -0.15) is 5.26 Å². The molecular weight excluding hydrogens is 272 g/mol. The van der Waals surface area contributed by atoms with Gasteiger partial charge in [0.2, 0.25) is 0 Å². The summed E-state index contributed by atoms with van der Waals surface area (Å²) in [6.07, 6.45) is 2.95. The van der Waals surface area contributed by atoms with E-state index in [4.69, 9.17) is 0 Å². The van der Waals surface area contributed by atoms with E-state index in [9.17, 15) is 5.26 Å². The molecule has 0 radical (unpaired) electrons. The van der Waals surface area contributed by atoms with Crippen molar-refractivity contribution in [2.45, 2.75) is 13.0 Å². The smallest absolute Gasteiger partial charge is 0.101 e. The van der Waals surface area contributed by atoms with Gasteiger partial charge in [0.25, 0.3) is 0 Å². The number of benzene rings is 1. The molecule has 0 bridgehead atoms. The third kappa shape index (κ3) is 3.44. The van der Waals surface area contributed by atoms with E-state index in [-0.39, 0.29) is 0 Å². The summed E-state index contributed by atoms with van der Waals surface area (Å²) in [5.41, 5.74) is 2.94. The Kier molecular flexibility index (Phi) is 4.67. The monoisotopic (exact) mass is 292 g/mol. The van der Waals surface area contributed by atoms with Gasteiger partial charge in [0.05, 0.1) is 16.9 Å².